The average molecular weight is 315 g/mol. The summed E-state index contributed by atoms with van der Waals surface area (Å²) >= 11 is 3.25. The summed E-state index contributed by atoms with van der Waals surface area (Å²) in [5.41, 5.74) is -0.166. The third-order valence-electron chi connectivity index (χ3n) is 1.86. The Kier molecular flexibility index (Phi) is 4.90. The number of hydrogen-bond donors (Lipinski definition) is 0. The van der Waals surface area contributed by atoms with Gasteiger partial charge in [0.25, 0.3) is 0 Å². The molecule has 0 aliphatic rings. The fraction of sp³-hybridized carbons (Fsp3) is 0.385. The smallest absolute Gasteiger partial charge is 0.344 e. The first-order valence-electron chi connectivity index (χ1n) is 5.41. The van der Waals surface area contributed by atoms with E-state index in [0.29, 0.717) is 17.6 Å². The number of hydrogen-bond acceptors (Lipinski definition) is 4. The quantitative estimate of drug-likeness (QED) is 0.633. The Bertz CT molecular complexity index is 449. The molecule has 0 heterocycles. The Balaban J connectivity index is 2.64. The molecule has 4 nitrogen and oxygen atoms in total. The second-order valence-electron chi connectivity index (χ2n) is 4.68. The molecule has 0 N–H and O–H groups in total. The van der Waals surface area contributed by atoms with Gasteiger partial charge in [-0.15, -0.1) is 0 Å². The number of rotatable bonds is 4. The van der Waals surface area contributed by atoms with Crippen molar-refractivity contribution in [2.75, 3.05) is 6.61 Å². The third kappa shape index (κ3) is 4.87. The van der Waals surface area contributed by atoms with Gasteiger partial charge in [-0.05, 0) is 39.0 Å². The monoisotopic (exact) mass is 314 g/mol. The summed E-state index contributed by atoms with van der Waals surface area (Å²) in [6, 6.07) is 4.98. The van der Waals surface area contributed by atoms with Gasteiger partial charge in [-0.2, -0.15) is 0 Å². The maximum atomic E-state index is 11.5. The Morgan fingerprint density at radius 2 is 2.06 bits per heavy atom. The molecule has 1 aromatic rings. The number of esters is 1. The molecule has 18 heavy (non-hydrogen) atoms. The number of halogens is 1. The van der Waals surface area contributed by atoms with Gasteiger partial charge in [0, 0.05) is 4.47 Å². The largest absolute Gasteiger partial charge is 0.481 e. The van der Waals surface area contributed by atoms with Gasteiger partial charge < -0.3 is 9.47 Å². The number of ether oxygens (including phenoxy) is 2. The van der Waals surface area contributed by atoms with E-state index < -0.39 is 11.6 Å². The lowest BCUT2D eigenvalue weighted by molar-refractivity contribution is -0.157. The highest BCUT2D eigenvalue weighted by atomic mass is 79.9. The SMILES string of the molecule is CC(C)(C)OC(=O)COc1ccc(Br)cc1C=O. The molecule has 1 aromatic carbocycles. The maximum absolute atomic E-state index is 11.5. The summed E-state index contributed by atoms with van der Waals surface area (Å²) in [6.07, 6.45) is 0.676. The molecule has 0 amide bonds. The maximum Gasteiger partial charge on any atom is 0.344 e. The van der Waals surface area contributed by atoms with Crippen LogP contribution in [0, 0.1) is 0 Å². The molecule has 0 aromatic heterocycles. The van der Waals surface area contributed by atoms with E-state index in [9.17, 15) is 9.59 Å². The number of aldehydes is 1. The van der Waals surface area contributed by atoms with Gasteiger partial charge in [0.1, 0.15) is 11.4 Å². The molecule has 0 radical (unpaired) electrons. The summed E-state index contributed by atoms with van der Waals surface area (Å²) in [4.78, 5) is 22.3. The minimum absolute atomic E-state index is 0.222. The summed E-state index contributed by atoms with van der Waals surface area (Å²) in [6.45, 7) is 5.11. The van der Waals surface area contributed by atoms with Crippen molar-refractivity contribution >= 4 is 28.2 Å². The zero-order chi connectivity index (χ0) is 13.8. The van der Waals surface area contributed by atoms with E-state index in [0.717, 1.165) is 4.47 Å². The van der Waals surface area contributed by atoms with Crippen LogP contribution in [0.5, 0.6) is 5.75 Å². The van der Waals surface area contributed by atoms with Crippen LogP contribution in [-0.2, 0) is 9.53 Å². The lowest BCUT2D eigenvalue weighted by atomic mass is 10.2. The van der Waals surface area contributed by atoms with E-state index in [-0.39, 0.29) is 6.61 Å². The van der Waals surface area contributed by atoms with E-state index in [2.05, 4.69) is 15.9 Å². The summed E-state index contributed by atoms with van der Waals surface area (Å²) in [7, 11) is 0. The first-order valence-corrected chi connectivity index (χ1v) is 6.20. The first-order chi connectivity index (χ1) is 8.31. The molecule has 0 spiro atoms. The van der Waals surface area contributed by atoms with Gasteiger partial charge in [-0.3, -0.25) is 4.79 Å². The van der Waals surface area contributed by atoms with Crippen molar-refractivity contribution in [1.82, 2.24) is 0 Å². The van der Waals surface area contributed by atoms with E-state index in [4.69, 9.17) is 9.47 Å². The Hall–Kier alpha value is -1.36. The first kappa shape index (κ1) is 14.7. The van der Waals surface area contributed by atoms with Crippen LogP contribution in [0.25, 0.3) is 0 Å². The number of carbonyl (C=O) groups excluding carboxylic acids is 2. The van der Waals surface area contributed by atoms with E-state index in [1.165, 1.54) is 0 Å². The molecule has 0 fully saturated rings. The zero-order valence-electron chi connectivity index (χ0n) is 10.5. The van der Waals surface area contributed by atoms with Crippen LogP contribution >= 0.6 is 15.9 Å². The number of carbonyl (C=O) groups is 2. The molecule has 5 heteroatoms. The van der Waals surface area contributed by atoms with Crippen molar-refractivity contribution in [2.24, 2.45) is 0 Å². The van der Waals surface area contributed by atoms with Gasteiger partial charge in [0.2, 0.25) is 0 Å². The van der Waals surface area contributed by atoms with Crippen LogP contribution in [0.15, 0.2) is 22.7 Å². The topological polar surface area (TPSA) is 52.6 Å². The molecule has 0 unspecified atom stereocenters. The fourth-order valence-electron chi connectivity index (χ4n) is 1.25. The van der Waals surface area contributed by atoms with Crippen LogP contribution in [0.3, 0.4) is 0 Å². The molecule has 0 bridgehead atoms. The lowest BCUT2D eigenvalue weighted by Gasteiger charge is -2.19. The molecule has 0 saturated heterocycles. The molecule has 0 saturated carbocycles. The summed E-state index contributed by atoms with van der Waals surface area (Å²) < 4.78 is 11.1. The Morgan fingerprint density at radius 3 is 2.61 bits per heavy atom. The van der Waals surface area contributed by atoms with Crippen molar-refractivity contribution in [3.63, 3.8) is 0 Å². The van der Waals surface area contributed by atoms with Crippen molar-refractivity contribution < 1.29 is 19.1 Å². The highest BCUT2D eigenvalue weighted by molar-refractivity contribution is 9.10. The van der Waals surface area contributed by atoms with Crippen LogP contribution in [0.4, 0.5) is 0 Å². The number of benzene rings is 1. The lowest BCUT2D eigenvalue weighted by Crippen LogP contribution is -2.27. The second kappa shape index (κ2) is 6.00. The average Bonchev–Trinajstić information content (AvgIpc) is 2.24. The van der Waals surface area contributed by atoms with Crippen molar-refractivity contribution in [3.05, 3.63) is 28.2 Å². The minimum atomic E-state index is -0.548. The summed E-state index contributed by atoms with van der Waals surface area (Å²) in [5.74, 6) is -0.110. The van der Waals surface area contributed by atoms with Crippen LogP contribution in [-0.4, -0.2) is 24.5 Å². The molecule has 1 rings (SSSR count). The van der Waals surface area contributed by atoms with Crippen molar-refractivity contribution in [2.45, 2.75) is 26.4 Å². The molecule has 0 atom stereocenters. The van der Waals surface area contributed by atoms with Gasteiger partial charge in [0.05, 0.1) is 5.56 Å². The van der Waals surface area contributed by atoms with Crippen LogP contribution < -0.4 is 4.74 Å². The molecular weight excluding hydrogens is 300 g/mol. The molecular formula is C13H15BrO4. The fourth-order valence-corrected chi connectivity index (χ4v) is 1.63. The van der Waals surface area contributed by atoms with Crippen LogP contribution in [0.2, 0.25) is 0 Å². The Morgan fingerprint density at radius 1 is 1.39 bits per heavy atom. The summed E-state index contributed by atoms with van der Waals surface area (Å²) in [5, 5.41) is 0. The van der Waals surface area contributed by atoms with E-state index in [1.54, 1.807) is 39.0 Å². The molecule has 0 aliphatic heterocycles. The van der Waals surface area contributed by atoms with E-state index in [1.807, 2.05) is 0 Å². The third-order valence-corrected chi connectivity index (χ3v) is 2.36. The van der Waals surface area contributed by atoms with Gasteiger partial charge in [-0.25, -0.2) is 4.79 Å². The molecule has 0 aliphatic carbocycles. The van der Waals surface area contributed by atoms with Gasteiger partial charge in [-0.1, -0.05) is 15.9 Å². The minimum Gasteiger partial charge on any atom is -0.481 e. The predicted octanol–water partition coefficient (Wildman–Crippen LogP) is 2.98. The zero-order valence-corrected chi connectivity index (χ0v) is 12.1. The normalized spacial score (nSPS) is 10.9. The highest BCUT2D eigenvalue weighted by Gasteiger charge is 2.17. The highest BCUT2D eigenvalue weighted by Crippen LogP contribution is 2.21. The standard InChI is InChI=1S/C13H15BrO4/c1-13(2,3)18-12(16)8-17-11-5-4-10(14)6-9(11)7-15/h4-7H,8H2,1-3H3. The predicted molar refractivity (Wildman–Crippen MR) is 70.9 cm³/mol. The van der Waals surface area contributed by atoms with Crippen LogP contribution in [0.1, 0.15) is 31.1 Å². The van der Waals surface area contributed by atoms with E-state index >= 15 is 0 Å². The van der Waals surface area contributed by atoms with Gasteiger partial charge in [0.15, 0.2) is 12.9 Å². The van der Waals surface area contributed by atoms with Crippen molar-refractivity contribution in [1.29, 1.82) is 0 Å². The van der Waals surface area contributed by atoms with Crippen molar-refractivity contribution in [3.8, 4) is 5.75 Å². The van der Waals surface area contributed by atoms with Gasteiger partial charge >= 0.3 is 5.97 Å². The molecule has 98 valence electrons. The second-order valence-corrected chi connectivity index (χ2v) is 5.59. The Labute approximate surface area is 114 Å².